The van der Waals surface area contributed by atoms with E-state index in [1.54, 1.807) is 0 Å². The van der Waals surface area contributed by atoms with Crippen molar-refractivity contribution >= 4 is 5.82 Å². The minimum atomic E-state index is -4.48. The molecule has 0 aliphatic rings. The molecule has 0 radical (unpaired) electrons. The smallest absolute Gasteiger partial charge is 0.384 e. The zero-order valence-corrected chi connectivity index (χ0v) is 7.52. The fourth-order valence-electron chi connectivity index (χ4n) is 1.17. The van der Waals surface area contributed by atoms with Crippen molar-refractivity contribution in [1.29, 1.82) is 0 Å². The largest absolute Gasteiger partial charge is 0.433 e. The lowest BCUT2D eigenvalue weighted by Gasteiger charge is -2.12. The van der Waals surface area contributed by atoms with Crippen LogP contribution in [0.4, 0.5) is 19.0 Å². The standard InChI is InChI=1S/C8H10F3N3/c1-4-5(3-12)2-6(13)14-7(4)8(9,10)11/h2H,3,12H2,1H3,(H2,13,14). The highest BCUT2D eigenvalue weighted by atomic mass is 19.4. The number of aromatic nitrogens is 1. The molecule has 0 aliphatic heterocycles. The number of hydrogen-bond donors (Lipinski definition) is 2. The van der Waals surface area contributed by atoms with Crippen LogP contribution in [0.5, 0.6) is 0 Å². The molecule has 0 bridgehead atoms. The van der Waals surface area contributed by atoms with Crippen LogP contribution in [-0.4, -0.2) is 4.98 Å². The first-order chi connectivity index (χ1) is 6.36. The van der Waals surface area contributed by atoms with Gasteiger partial charge in [0, 0.05) is 6.54 Å². The first kappa shape index (κ1) is 10.8. The SMILES string of the molecule is Cc1c(CN)cc(N)nc1C(F)(F)F. The van der Waals surface area contributed by atoms with E-state index in [4.69, 9.17) is 11.5 Å². The third-order valence-corrected chi connectivity index (χ3v) is 1.89. The molecule has 0 saturated carbocycles. The second-order valence-corrected chi connectivity index (χ2v) is 2.88. The van der Waals surface area contributed by atoms with Gasteiger partial charge in [-0.3, -0.25) is 0 Å². The summed E-state index contributed by atoms with van der Waals surface area (Å²) in [4.78, 5) is 3.25. The highest BCUT2D eigenvalue weighted by Gasteiger charge is 2.35. The molecule has 0 saturated heterocycles. The Kier molecular flexibility index (Phi) is 2.66. The molecule has 4 N–H and O–H groups in total. The van der Waals surface area contributed by atoms with E-state index in [9.17, 15) is 13.2 Å². The molecule has 1 aromatic heterocycles. The lowest BCUT2D eigenvalue weighted by molar-refractivity contribution is -0.141. The Bertz CT molecular complexity index is 346. The molecule has 14 heavy (non-hydrogen) atoms. The quantitative estimate of drug-likeness (QED) is 0.729. The van der Waals surface area contributed by atoms with Crippen LogP contribution in [0.2, 0.25) is 0 Å². The van der Waals surface area contributed by atoms with Gasteiger partial charge in [0.15, 0.2) is 0 Å². The van der Waals surface area contributed by atoms with Gasteiger partial charge in [0.1, 0.15) is 11.5 Å². The van der Waals surface area contributed by atoms with E-state index < -0.39 is 11.9 Å². The van der Waals surface area contributed by atoms with Crippen molar-refractivity contribution in [2.75, 3.05) is 5.73 Å². The molecule has 1 rings (SSSR count). The lowest BCUT2D eigenvalue weighted by Crippen LogP contribution is -2.15. The number of nitrogen functional groups attached to an aromatic ring is 1. The van der Waals surface area contributed by atoms with Crippen molar-refractivity contribution in [3.63, 3.8) is 0 Å². The Morgan fingerprint density at radius 2 is 2.00 bits per heavy atom. The van der Waals surface area contributed by atoms with Crippen LogP contribution >= 0.6 is 0 Å². The topological polar surface area (TPSA) is 64.9 Å². The van der Waals surface area contributed by atoms with Crippen molar-refractivity contribution in [3.8, 4) is 0 Å². The molecule has 0 unspecified atom stereocenters. The van der Waals surface area contributed by atoms with Gasteiger partial charge in [-0.05, 0) is 24.1 Å². The van der Waals surface area contributed by atoms with Crippen LogP contribution in [0.25, 0.3) is 0 Å². The van der Waals surface area contributed by atoms with Gasteiger partial charge in [-0.25, -0.2) is 4.98 Å². The average molecular weight is 205 g/mol. The van der Waals surface area contributed by atoms with Gasteiger partial charge in [-0.15, -0.1) is 0 Å². The molecule has 3 nitrogen and oxygen atoms in total. The Labute approximate surface area is 78.9 Å². The van der Waals surface area contributed by atoms with E-state index in [-0.39, 0.29) is 17.9 Å². The van der Waals surface area contributed by atoms with Crippen LogP contribution in [-0.2, 0) is 12.7 Å². The predicted molar refractivity (Wildman–Crippen MR) is 46.3 cm³/mol. The molecule has 0 aromatic carbocycles. The summed E-state index contributed by atoms with van der Waals surface area (Å²) in [5, 5.41) is 0. The highest BCUT2D eigenvalue weighted by Crippen LogP contribution is 2.32. The number of nitrogens with zero attached hydrogens (tertiary/aromatic N) is 1. The molecule has 1 aromatic rings. The van der Waals surface area contributed by atoms with Gasteiger partial charge >= 0.3 is 6.18 Å². The third kappa shape index (κ3) is 1.95. The Hall–Kier alpha value is -1.30. The molecular weight excluding hydrogens is 195 g/mol. The van der Waals surface area contributed by atoms with E-state index >= 15 is 0 Å². The van der Waals surface area contributed by atoms with Crippen molar-refractivity contribution in [1.82, 2.24) is 4.98 Å². The van der Waals surface area contributed by atoms with E-state index in [2.05, 4.69) is 4.98 Å². The fourth-order valence-corrected chi connectivity index (χ4v) is 1.17. The highest BCUT2D eigenvalue weighted by molar-refractivity contribution is 5.41. The van der Waals surface area contributed by atoms with E-state index in [0.29, 0.717) is 5.56 Å². The van der Waals surface area contributed by atoms with Crippen molar-refractivity contribution in [3.05, 3.63) is 22.9 Å². The second kappa shape index (κ2) is 3.45. The monoisotopic (exact) mass is 205 g/mol. The summed E-state index contributed by atoms with van der Waals surface area (Å²) in [6, 6.07) is 1.35. The van der Waals surface area contributed by atoms with Crippen LogP contribution in [0.15, 0.2) is 6.07 Å². The van der Waals surface area contributed by atoms with Crippen molar-refractivity contribution < 1.29 is 13.2 Å². The van der Waals surface area contributed by atoms with Gasteiger partial charge < -0.3 is 11.5 Å². The minimum Gasteiger partial charge on any atom is -0.384 e. The molecule has 78 valence electrons. The summed E-state index contributed by atoms with van der Waals surface area (Å²) < 4.78 is 37.2. The number of alkyl halides is 3. The molecule has 0 aliphatic carbocycles. The van der Waals surface area contributed by atoms with Crippen LogP contribution in [0, 0.1) is 6.92 Å². The predicted octanol–water partition coefficient (Wildman–Crippen LogP) is 1.45. The summed E-state index contributed by atoms with van der Waals surface area (Å²) in [6.07, 6.45) is -4.48. The number of rotatable bonds is 1. The zero-order valence-electron chi connectivity index (χ0n) is 7.52. The summed E-state index contributed by atoms with van der Waals surface area (Å²) in [6.45, 7) is 1.35. The molecule has 0 spiro atoms. The molecule has 1 heterocycles. The van der Waals surface area contributed by atoms with Crippen LogP contribution in [0.3, 0.4) is 0 Å². The average Bonchev–Trinajstić information content (AvgIpc) is 2.06. The summed E-state index contributed by atoms with van der Waals surface area (Å²) in [5.74, 6) is -0.164. The maximum atomic E-state index is 12.4. The number of nitrogens with two attached hydrogens (primary N) is 2. The minimum absolute atomic E-state index is 0.0155. The Morgan fingerprint density at radius 3 is 2.43 bits per heavy atom. The number of pyridine rings is 1. The summed E-state index contributed by atoms with van der Waals surface area (Å²) in [7, 11) is 0. The maximum Gasteiger partial charge on any atom is 0.433 e. The number of anilines is 1. The van der Waals surface area contributed by atoms with Crippen molar-refractivity contribution in [2.24, 2.45) is 5.73 Å². The van der Waals surface area contributed by atoms with Gasteiger partial charge in [0.05, 0.1) is 0 Å². The summed E-state index contributed by atoms with van der Waals surface area (Å²) in [5.41, 5.74) is 9.96. The zero-order chi connectivity index (χ0) is 10.9. The fraction of sp³-hybridized carbons (Fsp3) is 0.375. The van der Waals surface area contributed by atoms with E-state index in [1.807, 2.05) is 0 Å². The van der Waals surface area contributed by atoms with Gasteiger partial charge in [0.25, 0.3) is 0 Å². The summed E-state index contributed by atoms with van der Waals surface area (Å²) >= 11 is 0. The first-order valence-corrected chi connectivity index (χ1v) is 3.89. The third-order valence-electron chi connectivity index (χ3n) is 1.89. The molecule has 0 fully saturated rings. The molecular formula is C8H10F3N3. The molecule has 0 amide bonds. The maximum absolute atomic E-state index is 12.4. The molecule has 0 atom stereocenters. The van der Waals surface area contributed by atoms with Crippen molar-refractivity contribution in [2.45, 2.75) is 19.6 Å². The van der Waals surface area contributed by atoms with Crippen LogP contribution < -0.4 is 11.5 Å². The normalized spacial score (nSPS) is 11.8. The van der Waals surface area contributed by atoms with Gasteiger partial charge in [-0.1, -0.05) is 0 Å². The van der Waals surface area contributed by atoms with Crippen LogP contribution in [0.1, 0.15) is 16.8 Å². The van der Waals surface area contributed by atoms with Gasteiger partial charge in [-0.2, -0.15) is 13.2 Å². The lowest BCUT2D eigenvalue weighted by atomic mass is 10.1. The number of hydrogen-bond acceptors (Lipinski definition) is 3. The van der Waals surface area contributed by atoms with E-state index in [0.717, 1.165) is 0 Å². The van der Waals surface area contributed by atoms with Gasteiger partial charge in [0.2, 0.25) is 0 Å². The van der Waals surface area contributed by atoms with E-state index in [1.165, 1.54) is 13.0 Å². The molecule has 6 heteroatoms. The number of halogens is 3. The first-order valence-electron chi connectivity index (χ1n) is 3.89. The second-order valence-electron chi connectivity index (χ2n) is 2.88. The Balaban J connectivity index is 3.37. The Morgan fingerprint density at radius 1 is 1.43 bits per heavy atom.